The molecular formula is C17H23N5. The molecule has 116 valence electrons. The zero-order valence-corrected chi connectivity index (χ0v) is 13.2. The van der Waals surface area contributed by atoms with Crippen molar-refractivity contribution in [1.29, 1.82) is 0 Å². The van der Waals surface area contributed by atoms with E-state index in [9.17, 15) is 0 Å². The van der Waals surface area contributed by atoms with Crippen LogP contribution in [0.15, 0.2) is 47.7 Å². The average Bonchev–Trinajstić information content (AvgIpc) is 3.04. The summed E-state index contributed by atoms with van der Waals surface area (Å²) in [7, 11) is 1.82. The van der Waals surface area contributed by atoms with E-state index in [4.69, 9.17) is 0 Å². The van der Waals surface area contributed by atoms with Gasteiger partial charge in [0.05, 0.1) is 11.9 Å². The van der Waals surface area contributed by atoms with Gasteiger partial charge in [0, 0.05) is 25.8 Å². The second-order valence-corrected chi connectivity index (χ2v) is 5.84. The standard InChI is InChI=1S/C17H23N5/c1-13-10-16(13)21-17(18-2)19-9-8-14-11-20-22(12-14)15-6-4-3-5-7-15/h3-7,11-13,16H,8-10H2,1-2H3,(H2,18,19,21). The molecule has 1 aromatic carbocycles. The summed E-state index contributed by atoms with van der Waals surface area (Å²) in [5.41, 5.74) is 2.30. The number of nitrogens with zero attached hydrogens (tertiary/aromatic N) is 3. The lowest BCUT2D eigenvalue weighted by atomic mass is 10.2. The van der Waals surface area contributed by atoms with Crippen LogP contribution in [0.5, 0.6) is 0 Å². The van der Waals surface area contributed by atoms with Crippen LogP contribution in [0.4, 0.5) is 0 Å². The molecule has 5 heteroatoms. The molecular weight excluding hydrogens is 274 g/mol. The number of aromatic nitrogens is 2. The molecule has 1 saturated carbocycles. The molecule has 0 saturated heterocycles. The number of rotatable bonds is 5. The van der Waals surface area contributed by atoms with E-state index >= 15 is 0 Å². The number of para-hydroxylation sites is 1. The summed E-state index contributed by atoms with van der Waals surface area (Å²) in [4.78, 5) is 4.26. The third-order valence-corrected chi connectivity index (χ3v) is 4.02. The number of guanidine groups is 1. The SMILES string of the molecule is CN=C(NCCc1cnn(-c2ccccc2)c1)NC1CC1C. The zero-order valence-electron chi connectivity index (χ0n) is 13.2. The van der Waals surface area contributed by atoms with Crippen LogP contribution >= 0.6 is 0 Å². The number of aliphatic imine (C=N–C) groups is 1. The van der Waals surface area contributed by atoms with Crippen LogP contribution in [0.3, 0.4) is 0 Å². The van der Waals surface area contributed by atoms with Crippen molar-refractivity contribution in [3.8, 4) is 5.69 Å². The van der Waals surface area contributed by atoms with Crippen molar-refractivity contribution in [3.05, 3.63) is 48.3 Å². The summed E-state index contributed by atoms with van der Waals surface area (Å²) in [5.74, 6) is 1.66. The topological polar surface area (TPSA) is 54.2 Å². The number of hydrogen-bond acceptors (Lipinski definition) is 2. The van der Waals surface area contributed by atoms with E-state index in [1.54, 1.807) is 0 Å². The minimum atomic E-state index is 0.590. The first-order chi connectivity index (χ1) is 10.8. The Hall–Kier alpha value is -2.30. The molecule has 1 aliphatic rings. The van der Waals surface area contributed by atoms with E-state index in [0.717, 1.165) is 30.5 Å². The highest BCUT2D eigenvalue weighted by Gasteiger charge is 2.33. The third kappa shape index (κ3) is 3.67. The third-order valence-electron chi connectivity index (χ3n) is 4.02. The molecule has 3 rings (SSSR count). The van der Waals surface area contributed by atoms with Gasteiger partial charge < -0.3 is 10.6 Å². The van der Waals surface area contributed by atoms with Crippen molar-refractivity contribution in [2.75, 3.05) is 13.6 Å². The second kappa shape index (κ2) is 6.64. The van der Waals surface area contributed by atoms with Crippen molar-refractivity contribution in [2.45, 2.75) is 25.8 Å². The molecule has 2 aromatic rings. The van der Waals surface area contributed by atoms with E-state index in [2.05, 4.69) is 46.0 Å². The maximum atomic E-state index is 4.42. The summed E-state index contributed by atoms with van der Waals surface area (Å²) in [6.07, 6.45) is 6.17. The van der Waals surface area contributed by atoms with Crippen molar-refractivity contribution in [3.63, 3.8) is 0 Å². The lowest BCUT2D eigenvalue weighted by Gasteiger charge is -2.10. The largest absolute Gasteiger partial charge is 0.356 e. The average molecular weight is 297 g/mol. The van der Waals surface area contributed by atoms with E-state index in [1.807, 2.05) is 36.1 Å². The quantitative estimate of drug-likeness (QED) is 0.655. The van der Waals surface area contributed by atoms with Gasteiger partial charge in [0.25, 0.3) is 0 Å². The van der Waals surface area contributed by atoms with Crippen LogP contribution in [-0.2, 0) is 6.42 Å². The fraction of sp³-hybridized carbons (Fsp3) is 0.412. The maximum Gasteiger partial charge on any atom is 0.191 e. The fourth-order valence-corrected chi connectivity index (χ4v) is 2.43. The molecule has 1 heterocycles. The predicted octanol–water partition coefficient (Wildman–Crippen LogP) is 1.99. The normalized spacial score (nSPS) is 20.7. The van der Waals surface area contributed by atoms with Gasteiger partial charge >= 0.3 is 0 Å². The van der Waals surface area contributed by atoms with Crippen LogP contribution in [0, 0.1) is 5.92 Å². The molecule has 22 heavy (non-hydrogen) atoms. The summed E-state index contributed by atoms with van der Waals surface area (Å²) < 4.78 is 1.91. The lowest BCUT2D eigenvalue weighted by Crippen LogP contribution is -2.39. The summed E-state index contributed by atoms with van der Waals surface area (Å²) in [6.45, 7) is 3.10. The Morgan fingerprint density at radius 2 is 2.14 bits per heavy atom. The molecule has 2 N–H and O–H groups in total. The van der Waals surface area contributed by atoms with Gasteiger partial charge in [-0.1, -0.05) is 25.1 Å². The molecule has 0 amide bonds. The van der Waals surface area contributed by atoms with E-state index < -0.39 is 0 Å². The van der Waals surface area contributed by atoms with Crippen LogP contribution in [-0.4, -0.2) is 35.4 Å². The molecule has 2 unspecified atom stereocenters. The Bertz CT molecular complexity index is 632. The summed E-state index contributed by atoms with van der Waals surface area (Å²) in [5, 5.41) is 11.2. The Labute approximate surface area is 131 Å². The van der Waals surface area contributed by atoms with E-state index in [-0.39, 0.29) is 0 Å². The second-order valence-electron chi connectivity index (χ2n) is 5.84. The summed E-state index contributed by atoms with van der Waals surface area (Å²) in [6, 6.07) is 10.7. The van der Waals surface area contributed by atoms with Crippen LogP contribution in [0.25, 0.3) is 5.69 Å². The Kier molecular flexibility index (Phi) is 4.42. The van der Waals surface area contributed by atoms with Crippen molar-refractivity contribution >= 4 is 5.96 Å². The first kappa shape index (κ1) is 14.6. The van der Waals surface area contributed by atoms with Gasteiger partial charge in [-0.05, 0) is 36.5 Å². The molecule has 0 spiro atoms. The monoisotopic (exact) mass is 297 g/mol. The number of benzene rings is 1. The lowest BCUT2D eigenvalue weighted by molar-refractivity contribution is 0.758. The molecule has 0 aliphatic heterocycles. The smallest absolute Gasteiger partial charge is 0.191 e. The van der Waals surface area contributed by atoms with Gasteiger partial charge in [-0.2, -0.15) is 5.10 Å². The maximum absolute atomic E-state index is 4.42. The highest BCUT2D eigenvalue weighted by Crippen LogP contribution is 2.28. The van der Waals surface area contributed by atoms with E-state index in [0.29, 0.717) is 6.04 Å². The minimum Gasteiger partial charge on any atom is -0.356 e. The minimum absolute atomic E-state index is 0.590. The van der Waals surface area contributed by atoms with Gasteiger partial charge in [0.2, 0.25) is 0 Å². The number of nitrogens with one attached hydrogen (secondary N) is 2. The fourth-order valence-electron chi connectivity index (χ4n) is 2.43. The van der Waals surface area contributed by atoms with Crippen molar-refractivity contribution < 1.29 is 0 Å². The Morgan fingerprint density at radius 3 is 2.82 bits per heavy atom. The zero-order chi connectivity index (χ0) is 15.4. The van der Waals surface area contributed by atoms with Crippen LogP contribution in [0.2, 0.25) is 0 Å². The first-order valence-electron chi connectivity index (χ1n) is 7.82. The molecule has 5 nitrogen and oxygen atoms in total. The molecule has 0 bridgehead atoms. The molecule has 1 aromatic heterocycles. The summed E-state index contributed by atoms with van der Waals surface area (Å²) >= 11 is 0. The van der Waals surface area contributed by atoms with Gasteiger partial charge in [0.15, 0.2) is 5.96 Å². The molecule has 1 fully saturated rings. The Balaban J connectivity index is 1.48. The van der Waals surface area contributed by atoms with Crippen LogP contribution < -0.4 is 10.6 Å². The van der Waals surface area contributed by atoms with Crippen molar-refractivity contribution in [2.24, 2.45) is 10.9 Å². The Morgan fingerprint density at radius 1 is 1.36 bits per heavy atom. The molecule has 2 atom stereocenters. The van der Waals surface area contributed by atoms with E-state index in [1.165, 1.54) is 12.0 Å². The van der Waals surface area contributed by atoms with Gasteiger partial charge in [0.1, 0.15) is 0 Å². The highest BCUT2D eigenvalue weighted by molar-refractivity contribution is 5.80. The van der Waals surface area contributed by atoms with Gasteiger partial charge in [-0.3, -0.25) is 4.99 Å². The first-order valence-corrected chi connectivity index (χ1v) is 7.82. The highest BCUT2D eigenvalue weighted by atomic mass is 15.3. The van der Waals surface area contributed by atoms with Crippen molar-refractivity contribution in [1.82, 2.24) is 20.4 Å². The van der Waals surface area contributed by atoms with Crippen LogP contribution in [0.1, 0.15) is 18.9 Å². The number of hydrogen-bond donors (Lipinski definition) is 2. The molecule has 0 radical (unpaired) electrons. The van der Waals surface area contributed by atoms with Gasteiger partial charge in [-0.15, -0.1) is 0 Å². The van der Waals surface area contributed by atoms with Gasteiger partial charge in [-0.25, -0.2) is 4.68 Å². The molecule has 1 aliphatic carbocycles. The predicted molar refractivity (Wildman–Crippen MR) is 89.3 cm³/mol.